The van der Waals surface area contributed by atoms with E-state index in [-0.39, 0.29) is 5.48 Å². The fourth-order valence-corrected chi connectivity index (χ4v) is 2.63. The zero-order valence-electron chi connectivity index (χ0n) is 14.8. The molecule has 7 heteroatoms. The third-order valence-electron chi connectivity index (χ3n) is 3.91. The van der Waals surface area contributed by atoms with Crippen molar-refractivity contribution >= 4 is 17.3 Å². The molecule has 3 rings (SSSR count). The van der Waals surface area contributed by atoms with Crippen LogP contribution >= 0.6 is 0 Å². The van der Waals surface area contributed by atoms with Crippen LogP contribution in [0, 0.1) is 0 Å². The number of azo groups is 1. The van der Waals surface area contributed by atoms with Crippen LogP contribution in [-0.2, 0) is 6.54 Å². The number of benzene rings is 2. The van der Waals surface area contributed by atoms with E-state index in [2.05, 4.69) is 63.7 Å². The Labute approximate surface area is 148 Å². The number of anilines is 1. The van der Waals surface area contributed by atoms with E-state index in [1.165, 1.54) is 5.56 Å². The van der Waals surface area contributed by atoms with Crippen LogP contribution < -0.4 is 9.91 Å². The topological polar surface area (TPSA) is 78.0 Å². The molecule has 132 valence electrons. The summed E-state index contributed by atoms with van der Waals surface area (Å²) in [5.74, 6) is 0.665. The zero-order valence-corrected chi connectivity index (χ0v) is 14.8. The summed E-state index contributed by atoms with van der Waals surface area (Å²) in [7, 11) is 6.05. The van der Waals surface area contributed by atoms with Gasteiger partial charge in [0.2, 0.25) is 0 Å². The lowest BCUT2D eigenvalue weighted by Crippen LogP contribution is -3.03. The first-order valence-electron chi connectivity index (χ1n) is 8.01. The molecule has 7 nitrogen and oxygen atoms in total. The molecule has 0 saturated heterocycles. The van der Waals surface area contributed by atoms with Crippen molar-refractivity contribution in [1.82, 2.24) is 4.90 Å². The second-order valence-corrected chi connectivity index (χ2v) is 6.06. The predicted molar refractivity (Wildman–Crippen MR) is 98.4 cm³/mol. The molecule has 2 aromatic rings. The number of nitrogens with zero attached hydrogens (tertiary/aromatic N) is 5. The van der Waals surface area contributed by atoms with E-state index in [0.29, 0.717) is 5.96 Å². The summed E-state index contributed by atoms with van der Waals surface area (Å²) in [5.41, 5.74) is 3.27. The molecule has 0 amide bonds. The molecule has 0 spiro atoms. The molecule has 0 saturated carbocycles. The van der Waals surface area contributed by atoms with E-state index in [9.17, 15) is 0 Å². The molecular formula is C18H24N6O. The fourth-order valence-electron chi connectivity index (χ4n) is 2.63. The zero-order chi connectivity index (χ0) is 16.9. The standard InChI is InChI=1S/C18H22N6.H2O/c1-22(13-15-7-5-4-6-8-15)17-11-9-16(10-12-17)19-20-18-21-24(3)14-23(18)2;/h4-12H,13-14H2,1-3H3;1H2. The Balaban J connectivity index is 0.00000225. The molecule has 0 bridgehead atoms. The third-order valence-corrected chi connectivity index (χ3v) is 3.91. The van der Waals surface area contributed by atoms with Crippen LogP contribution in [0.4, 0.5) is 11.4 Å². The average Bonchev–Trinajstić information content (AvgIpc) is 2.92. The molecule has 1 aliphatic heterocycles. The Kier molecular flexibility index (Phi) is 6.21. The van der Waals surface area contributed by atoms with Gasteiger partial charge in [-0.15, -0.1) is 10.2 Å². The lowest BCUT2D eigenvalue weighted by Gasteiger charge is -2.19. The van der Waals surface area contributed by atoms with Gasteiger partial charge in [-0.05, 0) is 34.9 Å². The number of guanidine groups is 1. The second-order valence-electron chi connectivity index (χ2n) is 6.06. The van der Waals surface area contributed by atoms with Crippen LogP contribution in [0.1, 0.15) is 5.56 Å². The maximum atomic E-state index is 4.37. The van der Waals surface area contributed by atoms with Crippen molar-refractivity contribution in [2.45, 2.75) is 6.54 Å². The van der Waals surface area contributed by atoms with E-state index in [1.807, 2.05) is 37.2 Å². The minimum absolute atomic E-state index is 0. The Morgan fingerprint density at radius 3 is 2.36 bits per heavy atom. The van der Waals surface area contributed by atoms with Crippen LogP contribution in [0.3, 0.4) is 0 Å². The maximum absolute atomic E-state index is 4.37. The van der Waals surface area contributed by atoms with Crippen LogP contribution in [0.15, 0.2) is 69.9 Å². The van der Waals surface area contributed by atoms with Crippen LogP contribution in [0.25, 0.3) is 0 Å². The molecule has 1 aliphatic rings. The molecule has 1 heterocycles. The number of quaternary nitrogens is 1. The summed E-state index contributed by atoms with van der Waals surface area (Å²) in [6.45, 7) is 1.69. The van der Waals surface area contributed by atoms with Crippen molar-refractivity contribution in [3.05, 3.63) is 60.2 Å². The Bertz CT molecular complexity index is 729. The summed E-state index contributed by atoms with van der Waals surface area (Å²) >= 11 is 0. The van der Waals surface area contributed by atoms with E-state index >= 15 is 0 Å². The van der Waals surface area contributed by atoms with Crippen molar-refractivity contribution in [1.29, 1.82) is 0 Å². The van der Waals surface area contributed by atoms with Crippen LogP contribution in [0.2, 0.25) is 0 Å². The van der Waals surface area contributed by atoms with Gasteiger partial charge < -0.3 is 10.4 Å². The molecule has 0 radical (unpaired) electrons. The molecular weight excluding hydrogens is 316 g/mol. The Morgan fingerprint density at radius 1 is 1.08 bits per heavy atom. The van der Waals surface area contributed by atoms with Gasteiger partial charge >= 0.3 is 5.96 Å². The second kappa shape index (κ2) is 8.36. The first-order chi connectivity index (χ1) is 11.6. The summed E-state index contributed by atoms with van der Waals surface area (Å²) in [6, 6.07) is 18.5. The molecule has 1 atom stereocenters. The van der Waals surface area contributed by atoms with Crippen molar-refractivity contribution in [3.8, 4) is 0 Å². The normalized spacial score (nSPS) is 16.7. The van der Waals surface area contributed by atoms with Gasteiger partial charge in [0, 0.05) is 26.3 Å². The van der Waals surface area contributed by atoms with Gasteiger partial charge in [0.15, 0.2) is 6.67 Å². The minimum Gasteiger partial charge on any atom is -0.870 e. The van der Waals surface area contributed by atoms with Crippen molar-refractivity contribution < 1.29 is 10.5 Å². The lowest BCUT2D eigenvalue weighted by atomic mass is 10.2. The highest BCUT2D eigenvalue weighted by Crippen LogP contribution is 2.20. The molecule has 0 aromatic heterocycles. The van der Waals surface area contributed by atoms with Crippen molar-refractivity contribution in [2.75, 3.05) is 32.7 Å². The molecule has 1 unspecified atom stereocenters. The van der Waals surface area contributed by atoms with E-state index in [0.717, 1.165) is 29.6 Å². The molecule has 0 fully saturated rings. The SMILES string of the molecule is CN1C[NH+](C)N=C1N=Nc1ccc(N(C)Cc2ccccc2)cc1.[OH-]. The smallest absolute Gasteiger partial charge is 0.301 e. The Hall–Kier alpha value is -2.77. The first-order valence-corrected chi connectivity index (χ1v) is 8.01. The van der Waals surface area contributed by atoms with E-state index in [4.69, 9.17) is 0 Å². The monoisotopic (exact) mass is 340 g/mol. The highest BCUT2D eigenvalue weighted by molar-refractivity contribution is 5.80. The fraction of sp³-hybridized carbons (Fsp3) is 0.278. The van der Waals surface area contributed by atoms with Crippen molar-refractivity contribution in [3.63, 3.8) is 0 Å². The van der Waals surface area contributed by atoms with Crippen LogP contribution in [0.5, 0.6) is 0 Å². The van der Waals surface area contributed by atoms with Gasteiger partial charge in [-0.1, -0.05) is 30.3 Å². The van der Waals surface area contributed by atoms with Gasteiger partial charge in [0.05, 0.1) is 12.7 Å². The van der Waals surface area contributed by atoms with E-state index < -0.39 is 0 Å². The first kappa shape index (κ1) is 18.6. The largest absolute Gasteiger partial charge is 0.870 e. The summed E-state index contributed by atoms with van der Waals surface area (Å²) in [5, 5.41) is 13.9. The quantitative estimate of drug-likeness (QED) is 0.864. The summed E-state index contributed by atoms with van der Waals surface area (Å²) in [4.78, 5) is 4.20. The highest BCUT2D eigenvalue weighted by atomic mass is 16.0. The van der Waals surface area contributed by atoms with E-state index in [1.54, 1.807) is 0 Å². The van der Waals surface area contributed by atoms with Gasteiger partial charge in [0.1, 0.15) is 0 Å². The summed E-state index contributed by atoms with van der Waals surface area (Å²) < 4.78 is 0. The predicted octanol–water partition coefficient (Wildman–Crippen LogP) is 1.92. The third kappa shape index (κ3) is 4.85. The molecule has 25 heavy (non-hydrogen) atoms. The average molecular weight is 340 g/mol. The van der Waals surface area contributed by atoms with Crippen LogP contribution in [-0.4, -0.2) is 44.1 Å². The maximum Gasteiger partial charge on any atom is 0.301 e. The number of hydrogen-bond acceptors (Lipinski definition) is 6. The van der Waals surface area contributed by atoms with Crippen molar-refractivity contribution in [2.24, 2.45) is 15.3 Å². The summed E-state index contributed by atoms with van der Waals surface area (Å²) in [6.07, 6.45) is 0. The highest BCUT2D eigenvalue weighted by Gasteiger charge is 2.20. The molecule has 2 aromatic carbocycles. The minimum atomic E-state index is 0. The van der Waals surface area contributed by atoms with Gasteiger partial charge in [0.25, 0.3) is 0 Å². The van der Waals surface area contributed by atoms with Gasteiger partial charge in [-0.2, -0.15) is 5.01 Å². The van der Waals surface area contributed by atoms with Gasteiger partial charge in [-0.3, -0.25) is 4.90 Å². The number of rotatable bonds is 4. The molecule has 0 aliphatic carbocycles. The Morgan fingerprint density at radius 2 is 1.76 bits per heavy atom. The number of hydrogen-bond donors (Lipinski definition) is 1. The lowest BCUT2D eigenvalue weighted by molar-refractivity contribution is -0.887. The van der Waals surface area contributed by atoms with Gasteiger partial charge in [-0.25, -0.2) is 0 Å². The molecule has 2 N–H and O–H groups in total. The number of nitrogens with one attached hydrogen (secondary N) is 1.